The number of nitrogens with two attached hydrogens (primary N) is 1. The zero-order valence-electron chi connectivity index (χ0n) is 7.21. The predicted octanol–water partition coefficient (Wildman–Crippen LogP) is 0.492. The fraction of sp³-hybridized carbons (Fsp3) is 0.750. The van der Waals surface area contributed by atoms with E-state index in [-0.39, 0.29) is 5.92 Å². The van der Waals surface area contributed by atoms with Crippen LogP contribution in [0.15, 0.2) is 12.2 Å². The Labute approximate surface area is 67.9 Å². The van der Waals surface area contributed by atoms with Crippen molar-refractivity contribution in [2.75, 3.05) is 13.2 Å². The third kappa shape index (κ3) is 4.95. The molecule has 11 heavy (non-hydrogen) atoms. The van der Waals surface area contributed by atoms with Crippen molar-refractivity contribution in [3.05, 3.63) is 12.2 Å². The minimum atomic E-state index is -0.844. The largest absolute Gasteiger partial charge is 0.364 e. The molecule has 0 aliphatic carbocycles. The minimum absolute atomic E-state index is 0.281. The molecule has 0 aromatic heterocycles. The Morgan fingerprint density at radius 1 is 1.73 bits per heavy atom. The summed E-state index contributed by atoms with van der Waals surface area (Å²) in [6.07, 6.45) is -0.844. The fourth-order valence-corrected chi connectivity index (χ4v) is 0.466. The minimum Gasteiger partial charge on any atom is -0.364 e. The van der Waals surface area contributed by atoms with Gasteiger partial charge in [0.2, 0.25) is 0 Å². The van der Waals surface area contributed by atoms with Gasteiger partial charge in [-0.1, -0.05) is 13.5 Å². The number of hydrogen-bond acceptors (Lipinski definition) is 3. The van der Waals surface area contributed by atoms with Crippen LogP contribution in [0.5, 0.6) is 0 Å². The van der Waals surface area contributed by atoms with Crippen molar-refractivity contribution in [2.45, 2.75) is 20.1 Å². The average molecular weight is 159 g/mol. The second-order valence-electron chi connectivity index (χ2n) is 2.87. The molecule has 0 aliphatic heterocycles. The lowest BCUT2D eigenvalue weighted by Crippen LogP contribution is -2.21. The predicted molar refractivity (Wildman–Crippen MR) is 45.0 cm³/mol. The van der Waals surface area contributed by atoms with E-state index in [9.17, 15) is 0 Å². The van der Waals surface area contributed by atoms with Crippen LogP contribution in [-0.4, -0.2) is 24.5 Å². The van der Waals surface area contributed by atoms with Gasteiger partial charge in [-0.3, -0.25) is 0 Å². The lowest BCUT2D eigenvalue weighted by Gasteiger charge is -2.14. The summed E-state index contributed by atoms with van der Waals surface area (Å²) in [5.41, 5.74) is 5.97. The highest BCUT2D eigenvalue weighted by Crippen LogP contribution is 2.02. The van der Waals surface area contributed by atoms with Gasteiger partial charge in [0.25, 0.3) is 0 Å². The van der Waals surface area contributed by atoms with Crippen LogP contribution in [0.25, 0.3) is 0 Å². The van der Waals surface area contributed by atoms with E-state index in [1.165, 1.54) is 0 Å². The summed E-state index contributed by atoms with van der Waals surface area (Å²) >= 11 is 0. The van der Waals surface area contributed by atoms with Gasteiger partial charge in [-0.25, -0.2) is 0 Å². The first-order valence-electron chi connectivity index (χ1n) is 3.73. The van der Waals surface area contributed by atoms with Crippen molar-refractivity contribution in [3.8, 4) is 0 Å². The smallest absolute Gasteiger partial charge is 0.176 e. The molecule has 0 spiro atoms. The van der Waals surface area contributed by atoms with Gasteiger partial charge in [-0.05, 0) is 25.0 Å². The summed E-state index contributed by atoms with van der Waals surface area (Å²) in [7, 11) is 0. The van der Waals surface area contributed by atoms with Crippen LogP contribution >= 0.6 is 0 Å². The summed E-state index contributed by atoms with van der Waals surface area (Å²) in [5, 5.41) is 9.11. The van der Waals surface area contributed by atoms with Crippen LogP contribution in [0, 0.1) is 5.92 Å². The second-order valence-corrected chi connectivity index (χ2v) is 2.87. The number of aliphatic hydroxyl groups is 1. The first-order chi connectivity index (χ1) is 5.07. The van der Waals surface area contributed by atoms with Gasteiger partial charge in [-0.15, -0.1) is 0 Å². The molecule has 2 unspecified atom stereocenters. The Kier molecular flexibility index (Phi) is 5.11. The van der Waals surface area contributed by atoms with Crippen molar-refractivity contribution in [1.29, 1.82) is 0 Å². The molecular formula is C8H17NO2. The Bertz CT molecular complexity index is 125. The Morgan fingerprint density at radius 2 is 2.27 bits per heavy atom. The summed E-state index contributed by atoms with van der Waals surface area (Å²) in [6.45, 7) is 8.29. The maximum absolute atomic E-state index is 9.11. The van der Waals surface area contributed by atoms with Gasteiger partial charge in [0, 0.05) is 0 Å². The van der Waals surface area contributed by atoms with Gasteiger partial charge >= 0.3 is 0 Å². The molecule has 2 atom stereocenters. The van der Waals surface area contributed by atoms with Crippen LogP contribution in [0.1, 0.15) is 13.8 Å². The summed E-state index contributed by atoms with van der Waals surface area (Å²) in [4.78, 5) is 0. The van der Waals surface area contributed by atoms with Gasteiger partial charge in [0.1, 0.15) is 0 Å². The number of hydrogen-bond donors (Lipinski definition) is 2. The van der Waals surface area contributed by atoms with Crippen LogP contribution in [0.3, 0.4) is 0 Å². The zero-order chi connectivity index (χ0) is 8.85. The van der Waals surface area contributed by atoms with Crippen molar-refractivity contribution < 1.29 is 9.84 Å². The standard InChI is InChI=1S/C8H17NO2/c1-6(2)8(10)11-5-7(3)4-9/h7-8,10H,1,4-5,9H2,2-3H3. The number of rotatable bonds is 5. The molecule has 0 heterocycles. The van der Waals surface area contributed by atoms with Crippen LogP contribution in [0.4, 0.5) is 0 Å². The quantitative estimate of drug-likeness (QED) is 0.453. The molecule has 3 N–H and O–H groups in total. The third-order valence-electron chi connectivity index (χ3n) is 1.36. The van der Waals surface area contributed by atoms with E-state index >= 15 is 0 Å². The molecule has 0 aromatic rings. The fourth-order valence-electron chi connectivity index (χ4n) is 0.466. The van der Waals surface area contributed by atoms with E-state index in [4.69, 9.17) is 15.6 Å². The molecule has 0 amide bonds. The lowest BCUT2D eigenvalue weighted by atomic mass is 10.2. The van der Waals surface area contributed by atoms with Gasteiger partial charge in [0.05, 0.1) is 6.61 Å². The SMILES string of the molecule is C=C(C)C(O)OCC(C)CN. The normalized spacial score (nSPS) is 16.0. The van der Waals surface area contributed by atoms with Crippen LogP contribution in [0.2, 0.25) is 0 Å². The monoisotopic (exact) mass is 159 g/mol. The van der Waals surface area contributed by atoms with E-state index in [0.29, 0.717) is 18.7 Å². The topological polar surface area (TPSA) is 55.5 Å². The molecular weight excluding hydrogens is 142 g/mol. The number of ether oxygens (including phenoxy) is 1. The summed E-state index contributed by atoms with van der Waals surface area (Å²) in [6, 6.07) is 0. The van der Waals surface area contributed by atoms with Crippen molar-refractivity contribution >= 4 is 0 Å². The van der Waals surface area contributed by atoms with Gasteiger partial charge in [-0.2, -0.15) is 0 Å². The highest BCUT2D eigenvalue weighted by Gasteiger charge is 2.06. The highest BCUT2D eigenvalue weighted by molar-refractivity contribution is 4.91. The van der Waals surface area contributed by atoms with Crippen molar-refractivity contribution in [2.24, 2.45) is 11.7 Å². The molecule has 0 radical (unpaired) electrons. The maximum Gasteiger partial charge on any atom is 0.176 e. The number of aliphatic hydroxyl groups excluding tert-OH is 1. The molecule has 3 heteroatoms. The molecule has 3 nitrogen and oxygen atoms in total. The van der Waals surface area contributed by atoms with E-state index in [1.54, 1.807) is 6.92 Å². The Morgan fingerprint density at radius 3 is 2.64 bits per heavy atom. The molecule has 0 aromatic carbocycles. The van der Waals surface area contributed by atoms with Gasteiger partial charge in [0.15, 0.2) is 6.29 Å². The first kappa shape index (κ1) is 10.6. The molecule has 0 saturated heterocycles. The Hall–Kier alpha value is -0.380. The van der Waals surface area contributed by atoms with Crippen molar-refractivity contribution in [3.63, 3.8) is 0 Å². The zero-order valence-corrected chi connectivity index (χ0v) is 7.21. The summed E-state index contributed by atoms with van der Waals surface area (Å²) < 4.78 is 5.03. The van der Waals surface area contributed by atoms with Crippen LogP contribution in [-0.2, 0) is 4.74 Å². The van der Waals surface area contributed by atoms with E-state index in [2.05, 4.69) is 6.58 Å². The average Bonchev–Trinajstić information content (AvgIpc) is 1.99. The molecule has 0 saturated carbocycles. The molecule has 0 rings (SSSR count). The van der Waals surface area contributed by atoms with E-state index in [0.717, 1.165) is 0 Å². The van der Waals surface area contributed by atoms with E-state index < -0.39 is 6.29 Å². The first-order valence-corrected chi connectivity index (χ1v) is 3.73. The molecule has 0 fully saturated rings. The molecule has 66 valence electrons. The van der Waals surface area contributed by atoms with Gasteiger partial charge < -0.3 is 15.6 Å². The lowest BCUT2D eigenvalue weighted by molar-refractivity contribution is -0.0811. The molecule has 0 aliphatic rings. The molecule has 0 bridgehead atoms. The summed E-state index contributed by atoms with van der Waals surface area (Å²) in [5.74, 6) is 0.281. The Balaban J connectivity index is 3.45. The van der Waals surface area contributed by atoms with Crippen LogP contribution < -0.4 is 5.73 Å². The van der Waals surface area contributed by atoms with Crippen molar-refractivity contribution in [1.82, 2.24) is 0 Å². The van der Waals surface area contributed by atoms with E-state index in [1.807, 2.05) is 6.92 Å². The third-order valence-corrected chi connectivity index (χ3v) is 1.36. The second kappa shape index (κ2) is 5.29. The maximum atomic E-state index is 9.11. The highest BCUT2D eigenvalue weighted by atomic mass is 16.6.